The SMILES string of the molecule is Cc1nc(O)c(C(N)=O)[nH]1. The van der Waals surface area contributed by atoms with Gasteiger partial charge in [0, 0.05) is 0 Å². The molecule has 5 heteroatoms. The quantitative estimate of drug-likeness (QED) is 0.493. The fourth-order valence-electron chi connectivity index (χ4n) is 0.651. The van der Waals surface area contributed by atoms with Crippen LogP contribution in [-0.4, -0.2) is 21.0 Å². The molecule has 0 spiro atoms. The summed E-state index contributed by atoms with van der Waals surface area (Å²) >= 11 is 0. The molecule has 0 aliphatic rings. The number of carbonyl (C=O) groups is 1. The highest BCUT2D eigenvalue weighted by atomic mass is 16.3. The average molecular weight is 141 g/mol. The molecule has 0 bridgehead atoms. The van der Waals surface area contributed by atoms with Gasteiger partial charge in [-0.15, -0.1) is 0 Å². The number of imidazole rings is 1. The van der Waals surface area contributed by atoms with E-state index in [9.17, 15) is 4.79 Å². The maximum absolute atomic E-state index is 10.4. The van der Waals surface area contributed by atoms with Gasteiger partial charge in [0.15, 0.2) is 5.69 Å². The topological polar surface area (TPSA) is 92.0 Å². The van der Waals surface area contributed by atoms with Crippen molar-refractivity contribution in [2.45, 2.75) is 6.92 Å². The molecule has 0 radical (unpaired) electrons. The van der Waals surface area contributed by atoms with E-state index in [-0.39, 0.29) is 11.6 Å². The van der Waals surface area contributed by atoms with E-state index in [1.807, 2.05) is 0 Å². The second-order valence-electron chi connectivity index (χ2n) is 1.89. The van der Waals surface area contributed by atoms with Crippen LogP contribution in [0.4, 0.5) is 0 Å². The average Bonchev–Trinajstić information content (AvgIpc) is 2.10. The molecule has 1 heterocycles. The van der Waals surface area contributed by atoms with Gasteiger partial charge in [-0.2, -0.15) is 4.98 Å². The van der Waals surface area contributed by atoms with Gasteiger partial charge in [-0.1, -0.05) is 0 Å². The Morgan fingerprint density at radius 3 is 2.60 bits per heavy atom. The van der Waals surface area contributed by atoms with Crippen molar-refractivity contribution in [1.82, 2.24) is 9.97 Å². The summed E-state index contributed by atoms with van der Waals surface area (Å²) in [5, 5.41) is 8.86. The van der Waals surface area contributed by atoms with Gasteiger partial charge < -0.3 is 15.8 Å². The molecule has 1 rings (SSSR count). The van der Waals surface area contributed by atoms with Gasteiger partial charge in [-0.25, -0.2) is 0 Å². The number of amides is 1. The van der Waals surface area contributed by atoms with Crippen molar-refractivity contribution in [3.8, 4) is 5.88 Å². The van der Waals surface area contributed by atoms with Gasteiger partial charge in [-0.3, -0.25) is 4.79 Å². The van der Waals surface area contributed by atoms with Gasteiger partial charge in [0.25, 0.3) is 5.91 Å². The number of nitrogens with zero attached hydrogens (tertiary/aromatic N) is 1. The summed E-state index contributed by atoms with van der Waals surface area (Å²) in [6.45, 7) is 1.62. The van der Waals surface area contributed by atoms with Crippen molar-refractivity contribution in [1.29, 1.82) is 0 Å². The third-order valence-corrected chi connectivity index (χ3v) is 1.05. The summed E-state index contributed by atoms with van der Waals surface area (Å²) in [6, 6.07) is 0. The molecule has 0 aliphatic carbocycles. The first kappa shape index (κ1) is 6.60. The molecule has 54 valence electrons. The molecule has 5 nitrogen and oxygen atoms in total. The van der Waals surface area contributed by atoms with E-state index in [0.29, 0.717) is 5.82 Å². The molecule has 0 fully saturated rings. The highest BCUT2D eigenvalue weighted by Crippen LogP contribution is 2.10. The van der Waals surface area contributed by atoms with Crippen LogP contribution < -0.4 is 5.73 Å². The number of aromatic nitrogens is 2. The lowest BCUT2D eigenvalue weighted by molar-refractivity contribution is 0.0993. The number of nitrogens with two attached hydrogens (primary N) is 1. The number of hydrogen-bond acceptors (Lipinski definition) is 3. The molecule has 4 N–H and O–H groups in total. The summed E-state index contributed by atoms with van der Waals surface area (Å²) in [5.74, 6) is -0.589. The Morgan fingerprint density at radius 2 is 2.40 bits per heavy atom. The zero-order valence-electron chi connectivity index (χ0n) is 5.38. The largest absolute Gasteiger partial charge is 0.492 e. The number of aromatic hydroxyl groups is 1. The molecule has 0 saturated carbocycles. The lowest BCUT2D eigenvalue weighted by Gasteiger charge is -1.86. The second-order valence-corrected chi connectivity index (χ2v) is 1.89. The number of primary amides is 1. The summed E-state index contributed by atoms with van der Waals surface area (Å²) in [6.07, 6.45) is 0. The third kappa shape index (κ3) is 0.928. The van der Waals surface area contributed by atoms with Crippen LogP contribution in [0.15, 0.2) is 0 Å². The minimum Gasteiger partial charge on any atom is -0.492 e. The second kappa shape index (κ2) is 2.02. The minimum atomic E-state index is -0.710. The monoisotopic (exact) mass is 141 g/mol. The van der Waals surface area contributed by atoms with E-state index in [0.717, 1.165) is 0 Å². The highest BCUT2D eigenvalue weighted by molar-refractivity contribution is 5.92. The van der Waals surface area contributed by atoms with Crippen molar-refractivity contribution in [2.75, 3.05) is 0 Å². The Bertz CT molecular complexity index is 266. The molecular formula is C5H7N3O2. The number of rotatable bonds is 1. The van der Waals surface area contributed by atoms with Gasteiger partial charge >= 0.3 is 0 Å². The van der Waals surface area contributed by atoms with Crippen LogP contribution in [0.25, 0.3) is 0 Å². The Kier molecular flexibility index (Phi) is 1.33. The first-order valence-electron chi connectivity index (χ1n) is 2.66. The van der Waals surface area contributed by atoms with E-state index >= 15 is 0 Å². The zero-order valence-corrected chi connectivity index (χ0v) is 5.38. The summed E-state index contributed by atoms with van der Waals surface area (Å²) < 4.78 is 0. The number of aromatic amines is 1. The standard InChI is InChI=1S/C5H7N3O2/c1-2-7-3(4(6)9)5(10)8-2/h10H,1H3,(H2,6,9)(H,7,8). The van der Waals surface area contributed by atoms with Crippen molar-refractivity contribution in [3.05, 3.63) is 11.5 Å². The number of carbonyl (C=O) groups excluding carboxylic acids is 1. The van der Waals surface area contributed by atoms with Crippen LogP contribution in [0.2, 0.25) is 0 Å². The molecule has 0 atom stereocenters. The van der Waals surface area contributed by atoms with E-state index in [1.54, 1.807) is 6.92 Å². The van der Waals surface area contributed by atoms with Crippen molar-refractivity contribution in [2.24, 2.45) is 5.73 Å². The molecule has 10 heavy (non-hydrogen) atoms. The Labute approximate surface area is 56.9 Å². The van der Waals surface area contributed by atoms with Crippen molar-refractivity contribution < 1.29 is 9.90 Å². The van der Waals surface area contributed by atoms with Crippen LogP contribution in [0, 0.1) is 6.92 Å². The van der Waals surface area contributed by atoms with E-state index in [2.05, 4.69) is 9.97 Å². The molecule has 1 aromatic heterocycles. The van der Waals surface area contributed by atoms with Crippen LogP contribution in [0.3, 0.4) is 0 Å². The van der Waals surface area contributed by atoms with Crippen LogP contribution in [0.1, 0.15) is 16.3 Å². The third-order valence-electron chi connectivity index (χ3n) is 1.05. The van der Waals surface area contributed by atoms with Crippen LogP contribution in [-0.2, 0) is 0 Å². The van der Waals surface area contributed by atoms with Gasteiger partial charge in [0.2, 0.25) is 5.88 Å². The van der Waals surface area contributed by atoms with Crippen LogP contribution in [0.5, 0.6) is 5.88 Å². The summed E-state index contributed by atoms with van der Waals surface area (Å²) in [4.78, 5) is 16.5. The predicted molar refractivity (Wildman–Crippen MR) is 33.5 cm³/mol. The lowest BCUT2D eigenvalue weighted by atomic mass is 10.4. The molecule has 1 amide bonds. The van der Waals surface area contributed by atoms with Gasteiger partial charge in [-0.05, 0) is 6.92 Å². The lowest BCUT2D eigenvalue weighted by Crippen LogP contribution is -2.11. The number of hydrogen-bond donors (Lipinski definition) is 3. The van der Waals surface area contributed by atoms with Crippen molar-refractivity contribution >= 4 is 5.91 Å². The molecule has 0 saturated heterocycles. The first-order chi connectivity index (χ1) is 4.61. The Morgan fingerprint density at radius 1 is 1.80 bits per heavy atom. The van der Waals surface area contributed by atoms with E-state index in [4.69, 9.17) is 10.8 Å². The molecule has 0 unspecified atom stereocenters. The first-order valence-corrected chi connectivity index (χ1v) is 2.66. The number of H-pyrrole nitrogens is 1. The maximum Gasteiger partial charge on any atom is 0.270 e. The normalized spacial score (nSPS) is 9.70. The van der Waals surface area contributed by atoms with Crippen LogP contribution >= 0.6 is 0 Å². The van der Waals surface area contributed by atoms with E-state index in [1.165, 1.54) is 0 Å². The zero-order chi connectivity index (χ0) is 7.72. The molecule has 1 aromatic rings. The fraction of sp³-hybridized carbons (Fsp3) is 0.200. The minimum absolute atomic E-state index is 0.0440. The molecular weight excluding hydrogens is 134 g/mol. The predicted octanol–water partition coefficient (Wildman–Crippen LogP) is -0.477. The molecule has 0 aliphatic heterocycles. The fourth-order valence-corrected chi connectivity index (χ4v) is 0.651. The van der Waals surface area contributed by atoms with E-state index < -0.39 is 5.91 Å². The maximum atomic E-state index is 10.4. The number of nitrogens with one attached hydrogen (secondary N) is 1. The van der Waals surface area contributed by atoms with Gasteiger partial charge in [0.1, 0.15) is 5.82 Å². The molecule has 0 aromatic carbocycles. The van der Waals surface area contributed by atoms with Crippen molar-refractivity contribution in [3.63, 3.8) is 0 Å². The summed E-state index contributed by atoms with van der Waals surface area (Å²) in [7, 11) is 0. The Balaban J connectivity index is 3.15. The Hall–Kier alpha value is -1.52. The van der Waals surface area contributed by atoms with Gasteiger partial charge in [0.05, 0.1) is 0 Å². The number of aryl methyl sites for hydroxylation is 1. The smallest absolute Gasteiger partial charge is 0.270 e. The highest BCUT2D eigenvalue weighted by Gasteiger charge is 2.10. The summed E-state index contributed by atoms with van der Waals surface area (Å²) in [5.41, 5.74) is 4.81.